The highest BCUT2D eigenvalue weighted by Gasteiger charge is 2.14. The van der Waals surface area contributed by atoms with E-state index in [2.05, 4.69) is 10.0 Å². The first-order chi connectivity index (χ1) is 12.2. The van der Waals surface area contributed by atoms with Gasteiger partial charge < -0.3 is 5.32 Å². The van der Waals surface area contributed by atoms with Gasteiger partial charge in [-0.2, -0.15) is 0 Å². The summed E-state index contributed by atoms with van der Waals surface area (Å²) in [5.74, 6) is -0.283. The fourth-order valence-corrected chi connectivity index (χ4v) is 4.24. The smallest absolute Gasteiger partial charge is 0.240 e. The Morgan fingerprint density at radius 1 is 1.12 bits per heavy atom. The maximum absolute atomic E-state index is 12.2. The summed E-state index contributed by atoms with van der Waals surface area (Å²) in [5, 5.41) is 2.72. The van der Waals surface area contributed by atoms with Crippen molar-refractivity contribution in [1.29, 1.82) is 0 Å². The van der Waals surface area contributed by atoms with Crippen molar-refractivity contribution >= 4 is 33.1 Å². The highest BCUT2D eigenvalue weighted by atomic mass is 32.2. The second-order valence-corrected chi connectivity index (χ2v) is 9.23. The van der Waals surface area contributed by atoms with Crippen LogP contribution in [0.1, 0.15) is 38.5 Å². The summed E-state index contributed by atoms with van der Waals surface area (Å²) in [6, 6.07) is 8.21. The number of nitrogens with one attached hydrogen (secondary N) is 2. The number of hydrogen-bond donors (Lipinski definition) is 2. The van der Waals surface area contributed by atoms with E-state index in [0.717, 1.165) is 9.75 Å². The number of amides is 1. The Morgan fingerprint density at radius 2 is 1.85 bits per heavy atom. The van der Waals surface area contributed by atoms with Gasteiger partial charge in [-0.1, -0.05) is 12.1 Å². The van der Waals surface area contributed by atoms with E-state index in [1.54, 1.807) is 23.5 Å². The van der Waals surface area contributed by atoms with E-state index < -0.39 is 10.0 Å². The van der Waals surface area contributed by atoms with Crippen LogP contribution in [0.3, 0.4) is 0 Å². The first kappa shape index (κ1) is 20.3. The number of aryl methyl sites for hydroxylation is 2. The lowest BCUT2D eigenvalue weighted by Gasteiger charge is -2.08. The first-order valence-corrected chi connectivity index (χ1v) is 10.4. The van der Waals surface area contributed by atoms with Crippen LogP contribution >= 0.6 is 11.3 Å². The number of ketones is 1. The molecule has 1 heterocycles. The van der Waals surface area contributed by atoms with Gasteiger partial charge in [-0.15, -0.1) is 11.3 Å². The molecular weight excluding hydrogens is 372 g/mol. The largest absolute Gasteiger partial charge is 0.352 e. The Balaban J connectivity index is 1.88. The number of thiophene rings is 1. The van der Waals surface area contributed by atoms with Crippen LogP contribution in [0.2, 0.25) is 0 Å². The predicted octanol–water partition coefficient (Wildman–Crippen LogP) is 2.55. The topological polar surface area (TPSA) is 92.3 Å². The van der Waals surface area contributed by atoms with Crippen LogP contribution < -0.4 is 10.0 Å². The molecule has 0 unspecified atom stereocenters. The quantitative estimate of drug-likeness (QED) is 0.673. The van der Waals surface area contributed by atoms with Crippen molar-refractivity contribution in [3.63, 3.8) is 0 Å². The summed E-state index contributed by atoms with van der Waals surface area (Å²) in [4.78, 5) is 26.4. The Kier molecular flexibility index (Phi) is 6.69. The van der Waals surface area contributed by atoms with E-state index in [4.69, 9.17) is 0 Å². The van der Waals surface area contributed by atoms with Crippen molar-refractivity contribution in [2.45, 2.75) is 38.1 Å². The van der Waals surface area contributed by atoms with Gasteiger partial charge in [-0.3, -0.25) is 9.59 Å². The molecule has 0 radical (unpaired) electrons. The third kappa shape index (κ3) is 5.23. The van der Waals surface area contributed by atoms with Crippen molar-refractivity contribution in [2.75, 3.05) is 7.05 Å². The van der Waals surface area contributed by atoms with Crippen LogP contribution in [0, 0.1) is 13.8 Å². The standard InChI is InChI=1S/C18H22N2O4S2/c1-12-9-16(13(2)25-12)17(21)7-8-18(22)20-11-14-5-4-6-15(10-14)26(23,24)19-3/h4-6,9-10,19H,7-8,11H2,1-3H3,(H,20,22). The molecule has 0 atom stereocenters. The average molecular weight is 395 g/mol. The average Bonchev–Trinajstić information content (AvgIpc) is 2.96. The number of rotatable bonds is 8. The van der Waals surface area contributed by atoms with Gasteiger partial charge in [-0.05, 0) is 44.7 Å². The molecule has 0 spiro atoms. The number of carbonyl (C=O) groups excluding carboxylic acids is 2. The summed E-state index contributed by atoms with van der Waals surface area (Å²) < 4.78 is 25.8. The molecule has 0 fully saturated rings. The molecule has 2 aromatic rings. The van der Waals surface area contributed by atoms with Crippen molar-refractivity contribution in [2.24, 2.45) is 0 Å². The van der Waals surface area contributed by atoms with Gasteiger partial charge in [0.1, 0.15) is 0 Å². The van der Waals surface area contributed by atoms with Gasteiger partial charge in [0.2, 0.25) is 15.9 Å². The maximum Gasteiger partial charge on any atom is 0.240 e. The van der Waals surface area contributed by atoms with Gasteiger partial charge in [-0.25, -0.2) is 13.1 Å². The minimum Gasteiger partial charge on any atom is -0.352 e. The zero-order valence-electron chi connectivity index (χ0n) is 15.0. The van der Waals surface area contributed by atoms with Crippen LogP contribution in [0.25, 0.3) is 0 Å². The molecule has 0 saturated heterocycles. The minimum atomic E-state index is -3.52. The summed E-state index contributed by atoms with van der Waals surface area (Å²) in [6.45, 7) is 4.05. The molecule has 1 aromatic heterocycles. The fourth-order valence-electron chi connectivity index (χ4n) is 2.50. The Morgan fingerprint density at radius 3 is 2.46 bits per heavy atom. The number of sulfonamides is 1. The van der Waals surface area contributed by atoms with E-state index >= 15 is 0 Å². The number of Topliss-reactive ketones (excluding diaryl/α,β-unsaturated/α-hetero) is 1. The molecule has 0 bridgehead atoms. The second-order valence-electron chi connectivity index (χ2n) is 5.88. The zero-order valence-corrected chi connectivity index (χ0v) is 16.6. The predicted molar refractivity (Wildman–Crippen MR) is 102 cm³/mol. The molecule has 6 nitrogen and oxygen atoms in total. The van der Waals surface area contributed by atoms with Crippen molar-refractivity contribution in [3.05, 3.63) is 51.2 Å². The van der Waals surface area contributed by atoms with Gasteiger partial charge in [0.05, 0.1) is 4.90 Å². The fraction of sp³-hybridized carbons (Fsp3) is 0.333. The highest BCUT2D eigenvalue weighted by molar-refractivity contribution is 7.89. The second kappa shape index (κ2) is 8.57. The molecule has 26 heavy (non-hydrogen) atoms. The van der Waals surface area contributed by atoms with Crippen LogP contribution in [-0.2, 0) is 21.4 Å². The van der Waals surface area contributed by atoms with Crippen molar-refractivity contribution in [1.82, 2.24) is 10.0 Å². The van der Waals surface area contributed by atoms with Crippen molar-refractivity contribution in [3.8, 4) is 0 Å². The summed E-state index contributed by atoms with van der Waals surface area (Å²) in [7, 11) is -2.18. The number of carbonyl (C=O) groups is 2. The van der Waals surface area contributed by atoms with Gasteiger partial charge in [0.25, 0.3) is 0 Å². The molecule has 2 rings (SSSR count). The Labute approximate surface area is 157 Å². The van der Waals surface area contributed by atoms with Gasteiger partial charge >= 0.3 is 0 Å². The molecule has 0 aliphatic rings. The minimum absolute atomic E-state index is 0.0379. The SMILES string of the molecule is CNS(=O)(=O)c1cccc(CNC(=O)CCC(=O)c2cc(C)sc2C)c1. The normalized spacial score (nSPS) is 11.3. The summed E-state index contributed by atoms with van der Waals surface area (Å²) in [5.41, 5.74) is 1.36. The zero-order chi connectivity index (χ0) is 19.3. The third-order valence-corrected chi connectivity index (χ3v) is 6.27. The summed E-state index contributed by atoms with van der Waals surface area (Å²) in [6.07, 6.45) is 0.249. The molecule has 2 N–H and O–H groups in total. The van der Waals surface area contributed by atoms with Crippen LogP contribution in [0.4, 0.5) is 0 Å². The lowest BCUT2D eigenvalue weighted by Crippen LogP contribution is -2.24. The molecule has 0 aliphatic heterocycles. The Hall–Kier alpha value is -2.03. The molecule has 0 aliphatic carbocycles. The lowest BCUT2D eigenvalue weighted by atomic mass is 10.1. The third-order valence-electron chi connectivity index (χ3n) is 3.89. The molecule has 1 amide bonds. The van der Waals surface area contributed by atoms with Crippen molar-refractivity contribution < 1.29 is 18.0 Å². The van der Waals surface area contributed by atoms with E-state index in [-0.39, 0.29) is 36.0 Å². The Bertz CT molecular complexity index is 917. The molecular formula is C18H22N2O4S2. The molecule has 0 saturated carbocycles. The lowest BCUT2D eigenvalue weighted by molar-refractivity contribution is -0.121. The van der Waals surface area contributed by atoms with Crippen LogP contribution in [0.5, 0.6) is 0 Å². The summed E-state index contributed by atoms with van der Waals surface area (Å²) >= 11 is 1.57. The van der Waals surface area contributed by atoms with Crippen LogP contribution in [-0.4, -0.2) is 27.2 Å². The maximum atomic E-state index is 12.2. The van der Waals surface area contributed by atoms with E-state index in [9.17, 15) is 18.0 Å². The molecule has 8 heteroatoms. The number of hydrogen-bond acceptors (Lipinski definition) is 5. The van der Waals surface area contributed by atoms with Crippen LogP contribution in [0.15, 0.2) is 35.2 Å². The van der Waals surface area contributed by atoms with Gasteiger partial charge in [0.15, 0.2) is 5.78 Å². The van der Waals surface area contributed by atoms with Gasteiger partial charge in [0, 0.05) is 34.7 Å². The van der Waals surface area contributed by atoms with E-state index in [0.29, 0.717) is 11.1 Å². The van der Waals surface area contributed by atoms with E-state index in [1.807, 2.05) is 19.9 Å². The highest BCUT2D eigenvalue weighted by Crippen LogP contribution is 2.22. The number of benzene rings is 1. The molecule has 1 aromatic carbocycles. The molecule has 140 valence electrons. The van der Waals surface area contributed by atoms with E-state index in [1.165, 1.54) is 19.2 Å². The first-order valence-electron chi connectivity index (χ1n) is 8.12. The monoisotopic (exact) mass is 394 g/mol.